The maximum absolute atomic E-state index is 5.49. The highest BCUT2D eigenvalue weighted by Crippen LogP contribution is 2.25. The van der Waals surface area contributed by atoms with Gasteiger partial charge in [-0.25, -0.2) is 9.97 Å². The van der Waals surface area contributed by atoms with Crippen molar-refractivity contribution in [2.45, 2.75) is 46.6 Å². The molecule has 0 amide bonds. The minimum absolute atomic E-state index is 0.0247. The summed E-state index contributed by atoms with van der Waals surface area (Å²) in [5.74, 6) is 1.65. The number of nitrogens with one attached hydrogen (secondary N) is 2. The van der Waals surface area contributed by atoms with Gasteiger partial charge >= 0.3 is 0 Å². The van der Waals surface area contributed by atoms with E-state index < -0.39 is 0 Å². The topological polar surface area (TPSA) is 66.7 Å². The average molecular weight is 324 g/mol. The molecule has 5 heteroatoms. The first-order valence-electron chi connectivity index (χ1n) is 8.14. The van der Waals surface area contributed by atoms with E-state index in [-0.39, 0.29) is 5.41 Å². The van der Waals surface area contributed by atoms with Crippen molar-refractivity contribution in [3.05, 3.63) is 53.4 Å². The highest BCUT2D eigenvalue weighted by molar-refractivity contribution is 5.64. The minimum atomic E-state index is 0.0247. The number of benzene rings is 1. The summed E-state index contributed by atoms with van der Waals surface area (Å²) in [5, 5.41) is 3.47. The van der Waals surface area contributed by atoms with Gasteiger partial charge in [0.25, 0.3) is 0 Å². The van der Waals surface area contributed by atoms with Crippen LogP contribution in [0.15, 0.2) is 35.1 Å². The van der Waals surface area contributed by atoms with Gasteiger partial charge in [-0.2, -0.15) is 0 Å². The Balaban J connectivity index is 1.76. The number of aromatic nitrogens is 3. The minimum Gasteiger partial charge on any atom is -0.444 e. The van der Waals surface area contributed by atoms with E-state index in [0.717, 1.165) is 28.5 Å². The molecule has 0 unspecified atom stereocenters. The molecule has 0 radical (unpaired) electrons. The van der Waals surface area contributed by atoms with Crippen molar-refractivity contribution >= 4 is 5.69 Å². The van der Waals surface area contributed by atoms with E-state index in [4.69, 9.17) is 4.42 Å². The van der Waals surface area contributed by atoms with Crippen LogP contribution in [0.4, 0.5) is 5.69 Å². The summed E-state index contributed by atoms with van der Waals surface area (Å²) in [6, 6.07) is 6.17. The van der Waals surface area contributed by atoms with Crippen molar-refractivity contribution in [1.82, 2.24) is 15.0 Å². The molecule has 2 aromatic heterocycles. The zero-order valence-corrected chi connectivity index (χ0v) is 14.9. The van der Waals surface area contributed by atoms with Gasteiger partial charge in [0.05, 0.1) is 24.1 Å². The second kappa shape index (κ2) is 6.15. The highest BCUT2D eigenvalue weighted by Gasteiger charge is 2.17. The molecule has 2 N–H and O–H groups in total. The number of hydrogen-bond acceptors (Lipinski definition) is 4. The molecular weight excluding hydrogens is 300 g/mol. The third kappa shape index (κ3) is 3.50. The Labute approximate surface area is 142 Å². The van der Waals surface area contributed by atoms with Crippen LogP contribution in [0.1, 0.15) is 43.5 Å². The van der Waals surface area contributed by atoms with Crippen LogP contribution in [-0.4, -0.2) is 15.0 Å². The van der Waals surface area contributed by atoms with E-state index in [1.807, 2.05) is 19.2 Å². The van der Waals surface area contributed by atoms with Crippen LogP contribution < -0.4 is 5.32 Å². The number of oxazole rings is 1. The maximum Gasteiger partial charge on any atom is 0.226 e. The van der Waals surface area contributed by atoms with E-state index in [1.165, 1.54) is 5.56 Å². The van der Waals surface area contributed by atoms with Gasteiger partial charge in [-0.3, -0.25) is 0 Å². The summed E-state index contributed by atoms with van der Waals surface area (Å²) >= 11 is 0. The van der Waals surface area contributed by atoms with Crippen LogP contribution in [0.2, 0.25) is 0 Å². The lowest BCUT2D eigenvalue weighted by atomic mass is 9.96. The van der Waals surface area contributed by atoms with Gasteiger partial charge in [0.1, 0.15) is 12.1 Å². The van der Waals surface area contributed by atoms with Gasteiger partial charge in [0, 0.05) is 16.7 Å². The predicted octanol–water partition coefficient (Wildman–Crippen LogP) is 4.59. The number of aromatic amines is 1. The molecular formula is C19H24N4O. The number of nitrogens with zero attached hydrogens (tertiary/aromatic N) is 2. The van der Waals surface area contributed by atoms with Crippen LogP contribution in [0.3, 0.4) is 0 Å². The highest BCUT2D eigenvalue weighted by atomic mass is 16.3. The van der Waals surface area contributed by atoms with Crippen molar-refractivity contribution in [1.29, 1.82) is 0 Å². The summed E-state index contributed by atoms with van der Waals surface area (Å²) in [6.45, 7) is 11.1. The fourth-order valence-corrected chi connectivity index (χ4v) is 2.45. The van der Waals surface area contributed by atoms with Crippen LogP contribution in [0.5, 0.6) is 0 Å². The number of rotatable bonds is 4. The van der Waals surface area contributed by atoms with E-state index in [9.17, 15) is 0 Å². The van der Waals surface area contributed by atoms with E-state index in [1.54, 1.807) is 6.26 Å². The van der Waals surface area contributed by atoms with Crippen LogP contribution in [-0.2, 0) is 12.0 Å². The lowest BCUT2D eigenvalue weighted by Gasteiger charge is -2.14. The molecule has 24 heavy (non-hydrogen) atoms. The number of imidazole rings is 1. The molecule has 0 aliphatic heterocycles. The number of anilines is 1. The fraction of sp³-hybridized carbons (Fsp3) is 0.368. The molecule has 3 aromatic rings. The number of aryl methyl sites for hydroxylation is 2. The van der Waals surface area contributed by atoms with E-state index in [0.29, 0.717) is 12.4 Å². The third-order valence-corrected chi connectivity index (χ3v) is 3.91. The van der Waals surface area contributed by atoms with Gasteiger partial charge in [0.15, 0.2) is 0 Å². The fourth-order valence-electron chi connectivity index (χ4n) is 2.45. The quantitative estimate of drug-likeness (QED) is 0.736. The van der Waals surface area contributed by atoms with E-state index in [2.05, 4.69) is 60.1 Å². The average Bonchev–Trinajstić information content (AvgIpc) is 3.15. The predicted molar refractivity (Wildman–Crippen MR) is 96.0 cm³/mol. The second-order valence-electron chi connectivity index (χ2n) is 7.18. The molecule has 0 saturated carbocycles. The Kier molecular flexibility index (Phi) is 4.18. The van der Waals surface area contributed by atoms with Gasteiger partial charge in [0.2, 0.25) is 5.89 Å². The van der Waals surface area contributed by atoms with Crippen molar-refractivity contribution in [3.8, 4) is 11.5 Å². The first-order valence-corrected chi connectivity index (χ1v) is 8.14. The molecule has 126 valence electrons. The lowest BCUT2D eigenvalue weighted by Crippen LogP contribution is -2.13. The zero-order chi connectivity index (χ0) is 17.3. The second-order valence-corrected chi connectivity index (χ2v) is 7.18. The van der Waals surface area contributed by atoms with Crippen molar-refractivity contribution in [2.75, 3.05) is 5.32 Å². The normalized spacial score (nSPS) is 11.7. The van der Waals surface area contributed by atoms with Gasteiger partial charge in [-0.15, -0.1) is 0 Å². The van der Waals surface area contributed by atoms with Gasteiger partial charge in [-0.05, 0) is 31.5 Å². The van der Waals surface area contributed by atoms with Crippen molar-refractivity contribution in [2.24, 2.45) is 0 Å². The van der Waals surface area contributed by atoms with Crippen molar-refractivity contribution in [3.63, 3.8) is 0 Å². The Hall–Kier alpha value is -2.56. The van der Waals surface area contributed by atoms with E-state index >= 15 is 0 Å². The molecule has 0 atom stereocenters. The first-order chi connectivity index (χ1) is 11.3. The van der Waals surface area contributed by atoms with Crippen LogP contribution >= 0.6 is 0 Å². The Morgan fingerprint density at radius 2 is 2.00 bits per heavy atom. The molecule has 0 spiro atoms. The largest absolute Gasteiger partial charge is 0.444 e. The summed E-state index contributed by atoms with van der Waals surface area (Å²) in [6.07, 6.45) is 3.56. The molecule has 5 nitrogen and oxygen atoms in total. The number of hydrogen-bond donors (Lipinski definition) is 2. The lowest BCUT2D eigenvalue weighted by molar-refractivity contribution is 0.551. The standard InChI is InChI=1S/C19H24N4O/c1-12-6-7-14(17-22-13(2)11-24-17)8-16(12)20-9-15-10-21-18(23-15)19(3,4)5/h6-8,10-11,20H,9H2,1-5H3,(H,21,23). The summed E-state index contributed by atoms with van der Waals surface area (Å²) in [7, 11) is 0. The first kappa shape index (κ1) is 16.3. The van der Waals surface area contributed by atoms with Gasteiger partial charge < -0.3 is 14.7 Å². The smallest absolute Gasteiger partial charge is 0.226 e. The molecule has 0 fully saturated rings. The third-order valence-electron chi connectivity index (χ3n) is 3.91. The molecule has 2 heterocycles. The summed E-state index contributed by atoms with van der Waals surface area (Å²) in [5.41, 5.74) is 5.18. The molecule has 0 saturated heterocycles. The summed E-state index contributed by atoms with van der Waals surface area (Å²) < 4.78 is 5.49. The zero-order valence-electron chi connectivity index (χ0n) is 14.9. The van der Waals surface area contributed by atoms with Gasteiger partial charge in [-0.1, -0.05) is 26.8 Å². The SMILES string of the molecule is Cc1coc(-c2ccc(C)c(NCc3cnc(C(C)(C)C)[nH]3)c2)n1. The van der Waals surface area contributed by atoms with Crippen LogP contribution in [0.25, 0.3) is 11.5 Å². The molecule has 0 bridgehead atoms. The molecule has 0 aliphatic rings. The summed E-state index contributed by atoms with van der Waals surface area (Å²) in [4.78, 5) is 12.2. The van der Waals surface area contributed by atoms with Crippen molar-refractivity contribution < 1.29 is 4.42 Å². The number of H-pyrrole nitrogens is 1. The Morgan fingerprint density at radius 3 is 2.62 bits per heavy atom. The molecule has 3 rings (SSSR count). The maximum atomic E-state index is 5.49. The Bertz CT molecular complexity index is 839. The molecule has 0 aliphatic carbocycles. The molecule has 1 aromatic carbocycles. The Morgan fingerprint density at radius 1 is 1.21 bits per heavy atom. The van der Waals surface area contributed by atoms with Crippen LogP contribution in [0, 0.1) is 13.8 Å². The monoisotopic (exact) mass is 324 g/mol.